The Balaban J connectivity index is 1.52. The number of carboxylic acid groups (broad SMARTS) is 1. The molecule has 2 aromatic rings. The van der Waals surface area contributed by atoms with Crippen molar-refractivity contribution < 1.29 is 19.5 Å². The number of allylic oxidation sites excluding steroid dienone is 1. The molecule has 0 spiro atoms. The predicted octanol–water partition coefficient (Wildman–Crippen LogP) is 2.05. The molecule has 0 radical (unpaired) electrons. The molecule has 0 bridgehead atoms. The van der Waals surface area contributed by atoms with Gasteiger partial charge >= 0.3 is 5.97 Å². The predicted molar refractivity (Wildman–Crippen MR) is 105 cm³/mol. The van der Waals surface area contributed by atoms with Crippen LogP contribution in [0.15, 0.2) is 53.7 Å². The number of carbonyl (C=O) groups excluding carboxylic acids is 2. The van der Waals surface area contributed by atoms with Crippen LogP contribution in [-0.4, -0.2) is 56.3 Å². The number of carbonyl (C=O) groups is 3. The molecule has 4 heterocycles. The minimum absolute atomic E-state index is 0.0312. The first kappa shape index (κ1) is 17.6. The Hall–Kier alpha value is -3.48. The molecule has 0 aliphatic carbocycles. The molecule has 1 unspecified atom stereocenters. The van der Waals surface area contributed by atoms with E-state index in [1.54, 1.807) is 17.1 Å². The second-order valence-electron chi connectivity index (χ2n) is 7.62. The third-order valence-electron chi connectivity index (χ3n) is 6.12. The molecular weight excluding hydrogens is 370 g/mol. The molecule has 3 aliphatic rings. The van der Waals surface area contributed by atoms with Gasteiger partial charge in [-0.1, -0.05) is 30.3 Å². The Morgan fingerprint density at radius 2 is 1.97 bits per heavy atom. The second kappa shape index (κ2) is 6.27. The SMILES string of the molecule is CC(=O)N1CCC2C(/C=C/c3ccc4ccccc4n3)=C(C(=O)O)N3C(=O)[C@@H]1[C@@H]23. The van der Waals surface area contributed by atoms with Gasteiger partial charge in [0.2, 0.25) is 5.91 Å². The van der Waals surface area contributed by atoms with Crippen LogP contribution in [0.4, 0.5) is 0 Å². The van der Waals surface area contributed by atoms with Crippen molar-refractivity contribution in [2.75, 3.05) is 6.54 Å². The summed E-state index contributed by atoms with van der Waals surface area (Å²) in [5.41, 5.74) is 2.25. The first-order valence-electron chi connectivity index (χ1n) is 9.59. The molecule has 0 saturated carbocycles. The normalized spacial score (nSPS) is 25.6. The molecule has 7 nitrogen and oxygen atoms in total. The van der Waals surface area contributed by atoms with Gasteiger partial charge in [0.15, 0.2) is 0 Å². The summed E-state index contributed by atoms with van der Waals surface area (Å²) in [7, 11) is 0. The molecule has 2 amide bonds. The van der Waals surface area contributed by atoms with E-state index in [4.69, 9.17) is 0 Å². The number of aromatic nitrogens is 1. The molecule has 3 atom stereocenters. The van der Waals surface area contributed by atoms with E-state index in [-0.39, 0.29) is 29.5 Å². The number of hydrogen-bond donors (Lipinski definition) is 1. The molecule has 1 aromatic carbocycles. The highest BCUT2D eigenvalue weighted by Crippen LogP contribution is 2.49. The average Bonchev–Trinajstić information content (AvgIpc) is 3.04. The number of para-hydroxylation sites is 1. The molecule has 3 aliphatic heterocycles. The first-order chi connectivity index (χ1) is 14.0. The van der Waals surface area contributed by atoms with Gasteiger partial charge < -0.3 is 10.0 Å². The molecule has 5 rings (SSSR count). The maximum Gasteiger partial charge on any atom is 0.352 e. The van der Waals surface area contributed by atoms with E-state index in [0.717, 1.165) is 16.6 Å². The highest BCUT2D eigenvalue weighted by molar-refractivity contribution is 6.03. The van der Waals surface area contributed by atoms with Crippen LogP contribution in [0.3, 0.4) is 0 Å². The Bertz CT molecular complexity index is 1140. The summed E-state index contributed by atoms with van der Waals surface area (Å²) in [6, 6.07) is 10.8. The van der Waals surface area contributed by atoms with Gasteiger partial charge in [0.1, 0.15) is 11.7 Å². The summed E-state index contributed by atoms with van der Waals surface area (Å²) >= 11 is 0. The lowest BCUT2D eigenvalue weighted by Crippen LogP contribution is -2.73. The van der Waals surface area contributed by atoms with Gasteiger partial charge in [0, 0.05) is 24.8 Å². The van der Waals surface area contributed by atoms with Gasteiger partial charge in [-0.2, -0.15) is 0 Å². The van der Waals surface area contributed by atoms with Crippen LogP contribution in [-0.2, 0) is 14.4 Å². The van der Waals surface area contributed by atoms with Gasteiger partial charge in [-0.3, -0.25) is 14.5 Å². The largest absolute Gasteiger partial charge is 0.477 e. The minimum Gasteiger partial charge on any atom is -0.477 e. The van der Waals surface area contributed by atoms with Crippen molar-refractivity contribution >= 4 is 34.8 Å². The highest BCUT2D eigenvalue weighted by Gasteiger charge is 2.63. The Morgan fingerprint density at radius 3 is 2.72 bits per heavy atom. The van der Waals surface area contributed by atoms with Crippen molar-refractivity contribution in [3.63, 3.8) is 0 Å². The van der Waals surface area contributed by atoms with Crippen LogP contribution in [0, 0.1) is 5.92 Å². The lowest BCUT2D eigenvalue weighted by Gasteiger charge is -2.53. The van der Waals surface area contributed by atoms with Crippen molar-refractivity contribution in [3.8, 4) is 0 Å². The van der Waals surface area contributed by atoms with E-state index >= 15 is 0 Å². The van der Waals surface area contributed by atoms with Gasteiger partial charge in [0.25, 0.3) is 5.91 Å². The van der Waals surface area contributed by atoms with Crippen LogP contribution in [0.1, 0.15) is 19.0 Å². The maximum absolute atomic E-state index is 12.6. The van der Waals surface area contributed by atoms with Gasteiger partial charge in [0.05, 0.1) is 17.3 Å². The van der Waals surface area contributed by atoms with Crippen molar-refractivity contribution in [1.29, 1.82) is 0 Å². The zero-order valence-corrected chi connectivity index (χ0v) is 15.8. The summed E-state index contributed by atoms with van der Waals surface area (Å²) in [5.74, 6) is -1.66. The fourth-order valence-electron chi connectivity index (χ4n) is 4.85. The number of piperidine rings is 1. The third kappa shape index (κ3) is 2.50. The monoisotopic (exact) mass is 389 g/mol. The highest BCUT2D eigenvalue weighted by atomic mass is 16.4. The summed E-state index contributed by atoms with van der Waals surface area (Å²) in [6.45, 7) is 1.90. The van der Waals surface area contributed by atoms with E-state index in [1.165, 1.54) is 11.8 Å². The number of aliphatic carboxylic acids is 1. The van der Waals surface area contributed by atoms with Crippen LogP contribution in [0.25, 0.3) is 17.0 Å². The van der Waals surface area contributed by atoms with Crippen LogP contribution < -0.4 is 0 Å². The van der Waals surface area contributed by atoms with Crippen LogP contribution in [0.2, 0.25) is 0 Å². The summed E-state index contributed by atoms with van der Waals surface area (Å²) in [5, 5.41) is 10.8. The molecule has 1 aromatic heterocycles. The van der Waals surface area contributed by atoms with E-state index in [1.807, 2.05) is 36.4 Å². The van der Waals surface area contributed by atoms with Crippen molar-refractivity contribution in [2.45, 2.75) is 25.4 Å². The quantitative estimate of drug-likeness (QED) is 0.812. The van der Waals surface area contributed by atoms with Crippen LogP contribution >= 0.6 is 0 Å². The van der Waals surface area contributed by atoms with E-state index < -0.39 is 12.0 Å². The second-order valence-corrected chi connectivity index (χ2v) is 7.62. The fourth-order valence-corrected chi connectivity index (χ4v) is 4.85. The molecule has 2 saturated heterocycles. The van der Waals surface area contributed by atoms with E-state index in [9.17, 15) is 19.5 Å². The number of carboxylic acids is 1. The smallest absolute Gasteiger partial charge is 0.352 e. The number of β-lactam (4-membered cyclic amide) rings is 1. The summed E-state index contributed by atoms with van der Waals surface area (Å²) in [6.07, 6.45) is 4.21. The van der Waals surface area contributed by atoms with Crippen molar-refractivity contribution in [2.24, 2.45) is 5.92 Å². The zero-order chi connectivity index (χ0) is 20.3. The van der Waals surface area contributed by atoms with E-state index in [0.29, 0.717) is 18.5 Å². The Morgan fingerprint density at radius 1 is 1.17 bits per heavy atom. The third-order valence-corrected chi connectivity index (χ3v) is 6.12. The lowest BCUT2D eigenvalue weighted by atomic mass is 9.78. The van der Waals surface area contributed by atoms with Gasteiger partial charge in [-0.05, 0) is 30.2 Å². The average molecular weight is 389 g/mol. The van der Waals surface area contributed by atoms with Crippen molar-refractivity contribution in [1.82, 2.24) is 14.8 Å². The number of amides is 2. The van der Waals surface area contributed by atoms with Gasteiger partial charge in [-0.15, -0.1) is 0 Å². The lowest BCUT2D eigenvalue weighted by molar-refractivity contribution is -0.168. The van der Waals surface area contributed by atoms with E-state index in [2.05, 4.69) is 4.98 Å². The zero-order valence-electron chi connectivity index (χ0n) is 15.8. The first-order valence-corrected chi connectivity index (χ1v) is 9.59. The molecule has 146 valence electrons. The molecule has 7 heteroatoms. The molecule has 29 heavy (non-hydrogen) atoms. The molecule has 2 fully saturated rings. The standard InChI is InChI=1S/C22H19N3O4/c1-12(26)24-11-10-16-15(19(22(28)29)25-18(16)20(24)21(25)27)9-8-14-7-6-13-4-2-3-5-17(13)23-14/h2-9,16,18,20H,10-11H2,1H3,(H,28,29)/b9-8+/t16?,18-,20+/m1/s1. The fraction of sp³-hybridized carbons (Fsp3) is 0.273. The number of likely N-dealkylation sites (tertiary alicyclic amines) is 1. The number of pyridine rings is 1. The number of benzene rings is 1. The Kier molecular flexibility index (Phi) is 3.81. The number of fused-ring (bicyclic) bond motifs is 1. The topological polar surface area (TPSA) is 90.8 Å². The number of rotatable bonds is 3. The van der Waals surface area contributed by atoms with Gasteiger partial charge in [-0.25, -0.2) is 9.78 Å². The Labute approximate surface area is 166 Å². The maximum atomic E-state index is 12.6. The number of hydrogen-bond acceptors (Lipinski definition) is 4. The molecule has 1 N–H and O–H groups in total. The summed E-state index contributed by atoms with van der Waals surface area (Å²) in [4.78, 5) is 44.0. The minimum atomic E-state index is -1.12. The van der Waals surface area contributed by atoms with Crippen molar-refractivity contribution in [3.05, 3.63) is 59.4 Å². The van der Waals surface area contributed by atoms with Crippen LogP contribution in [0.5, 0.6) is 0 Å². The summed E-state index contributed by atoms with van der Waals surface area (Å²) < 4.78 is 0. The molecular formula is C22H19N3O4. The number of nitrogens with zero attached hydrogens (tertiary/aromatic N) is 3.